The minimum Gasteiger partial charge on any atom is -0.458 e. The van der Waals surface area contributed by atoms with Gasteiger partial charge in [0.05, 0.1) is 6.54 Å². The molecule has 10 nitrogen and oxygen atoms in total. The van der Waals surface area contributed by atoms with E-state index in [0.29, 0.717) is 25.8 Å². The predicted molar refractivity (Wildman–Crippen MR) is 140 cm³/mol. The van der Waals surface area contributed by atoms with Crippen LogP contribution in [0.4, 0.5) is 0 Å². The van der Waals surface area contributed by atoms with Crippen molar-refractivity contribution < 1.29 is 33.5 Å². The summed E-state index contributed by atoms with van der Waals surface area (Å²) in [5, 5.41) is 5.22. The third kappa shape index (κ3) is 11.5. The molecular weight excluding hydrogens is 490 g/mol. The molecule has 0 radical (unpaired) electrons. The van der Waals surface area contributed by atoms with Crippen LogP contribution in [0.5, 0.6) is 0 Å². The molecule has 0 saturated carbocycles. The lowest BCUT2D eigenvalue weighted by Crippen LogP contribution is -2.45. The number of ether oxygens (including phenoxy) is 1. The fourth-order valence-electron chi connectivity index (χ4n) is 3.69. The molecule has 10 heteroatoms. The van der Waals surface area contributed by atoms with E-state index in [0.717, 1.165) is 10.5 Å². The zero-order valence-corrected chi connectivity index (χ0v) is 22.3. The zero-order valence-electron chi connectivity index (χ0n) is 22.3. The summed E-state index contributed by atoms with van der Waals surface area (Å²) in [6, 6.07) is 8.34. The summed E-state index contributed by atoms with van der Waals surface area (Å²) < 4.78 is 5.44. The van der Waals surface area contributed by atoms with E-state index >= 15 is 0 Å². The van der Waals surface area contributed by atoms with Gasteiger partial charge in [-0.2, -0.15) is 0 Å². The predicted octanol–water partition coefficient (Wildman–Crippen LogP) is 2.01. The van der Waals surface area contributed by atoms with Gasteiger partial charge in [0, 0.05) is 44.4 Å². The van der Waals surface area contributed by atoms with Gasteiger partial charge in [0.25, 0.3) is 11.8 Å². The normalized spacial score (nSPS) is 13.8. The minimum atomic E-state index is -0.892. The van der Waals surface area contributed by atoms with Gasteiger partial charge in [0.2, 0.25) is 11.8 Å². The number of Topliss-reactive ketones (excluding diaryl/α,β-unsaturated/α-hetero) is 1. The standard InChI is InChI=1S/C28H37N3O7/c1-28(2,3)38-27(37)22(18-20-10-6-4-7-11-20)30-24(34)14-13-21(32)19-29-23(33)12-8-5-9-17-31-25(35)15-16-26(31)36/h4,6-7,10-11,15-16,22H,5,8-9,12-14,17-19H2,1-3H3,(H,29,33)(H,30,34)/t22-/m0/s1. The highest BCUT2D eigenvalue weighted by Crippen LogP contribution is 2.12. The van der Waals surface area contributed by atoms with Crippen LogP contribution in [0.3, 0.4) is 0 Å². The Bertz CT molecular complexity index is 1030. The first-order valence-electron chi connectivity index (χ1n) is 12.8. The van der Waals surface area contributed by atoms with Crippen LogP contribution in [0.1, 0.15) is 64.9 Å². The van der Waals surface area contributed by atoms with Gasteiger partial charge in [0.15, 0.2) is 5.78 Å². The monoisotopic (exact) mass is 527 g/mol. The molecule has 0 saturated heterocycles. The molecule has 0 spiro atoms. The Hall–Kier alpha value is -3.82. The molecule has 4 amide bonds. The van der Waals surface area contributed by atoms with Crippen LogP contribution >= 0.6 is 0 Å². The third-order valence-electron chi connectivity index (χ3n) is 5.61. The van der Waals surface area contributed by atoms with Crippen molar-refractivity contribution in [2.45, 2.75) is 77.4 Å². The molecule has 2 N–H and O–H groups in total. The first-order chi connectivity index (χ1) is 17.9. The fraction of sp³-hybridized carbons (Fsp3) is 0.500. The molecule has 1 aliphatic heterocycles. The summed E-state index contributed by atoms with van der Waals surface area (Å²) in [6.07, 6.45) is 4.55. The topological polar surface area (TPSA) is 139 Å². The lowest BCUT2D eigenvalue weighted by Gasteiger charge is -2.24. The molecule has 0 aliphatic carbocycles. The smallest absolute Gasteiger partial charge is 0.329 e. The van der Waals surface area contributed by atoms with E-state index in [-0.39, 0.29) is 55.7 Å². The Labute approximate surface area is 223 Å². The SMILES string of the molecule is CC(C)(C)OC(=O)[C@H](Cc1ccccc1)NC(=O)CCC(=O)CNC(=O)CCCCCN1C(=O)C=CC1=O. The Kier molecular flexibility index (Phi) is 11.8. The number of esters is 1. The fourth-order valence-corrected chi connectivity index (χ4v) is 3.69. The Morgan fingerprint density at radius 3 is 2.16 bits per heavy atom. The van der Waals surface area contributed by atoms with Crippen LogP contribution in [-0.4, -0.2) is 65.0 Å². The third-order valence-corrected chi connectivity index (χ3v) is 5.61. The van der Waals surface area contributed by atoms with Crippen LogP contribution in [0.15, 0.2) is 42.5 Å². The molecule has 0 unspecified atom stereocenters. The van der Waals surface area contributed by atoms with Crippen molar-refractivity contribution in [1.29, 1.82) is 0 Å². The molecule has 0 aromatic heterocycles. The first-order valence-corrected chi connectivity index (χ1v) is 12.8. The van der Waals surface area contributed by atoms with Gasteiger partial charge in [0.1, 0.15) is 11.6 Å². The Morgan fingerprint density at radius 1 is 0.868 bits per heavy atom. The van der Waals surface area contributed by atoms with Crippen molar-refractivity contribution in [2.24, 2.45) is 0 Å². The number of carbonyl (C=O) groups excluding carboxylic acids is 6. The maximum absolute atomic E-state index is 12.7. The largest absolute Gasteiger partial charge is 0.458 e. The van der Waals surface area contributed by atoms with E-state index in [2.05, 4.69) is 10.6 Å². The van der Waals surface area contributed by atoms with Crippen molar-refractivity contribution in [3.05, 3.63) is 48.0 Å². The molecule has 1 atom stereocenters. The van der Waals surface area contributed by atoms with E-state index in [9.17, 15) is 28.8 Å². The van der Waals surface area contributed by atoms with Crippen LogP contribution < -0.4 is 10.6 Å². The summed E-state index contributed by atoms with van der Waals surface area (Å²) in [5.74, 6) is -2.24. The zero-order chi connectivity index (χ0) is 28.1. The molecular formula is C28H37N3O7. The van der Waals surface area contributed by atoms with Gasteiger partial charge in [-0.05, 0) is 39.2 Å². The number of carbonyl (C=O) groups is 6. The summed E-state index contributed by atoms with van der Waals surface area (Å²) >= 11 is 0. The van der Waals surface area contributed by atoms with E-state index in [1.165, 1.54) is 12.2 Å². The van der Waals surface area contributed by atoms with Gasteiger partial charge in [-0.3, -0.25) is 28.9 Å². The summed E-state index contributed by atoms with van der Waals surface area (Å²) in [6.45, 7) is 5.36. The van der Waals surface area contributed by atoms with Crippen molar-refractivity contribution in [1.82, 2.24) is 15.5 Å². The highest BCUT2D eigenvalue weighted by atomic mass is 16.6. The Morgan fingerprint density at radius 2 is 1.53 bits per heavy atom. The molecule has 2 rings (SSSR count). The molecule has 1 aromatic rings. The van der Waals surface area contributed by atoms with Gasteiger partial charge in [-0.1, -0.05) is 36.8 Å². The van der Waals surface area contributed by atoms with Gasteiger partial charge in [-0.25, -0.2) is 4.79 Å². The van der Waals surface area contributed by atoms with Crippen molar-refractivity contribution in [3.63, 3.8) is 0 Å². The van der Waals surface area contributed by atoms with Crippen LogP contribution in [0.2, 0.25) is 0 Å². The molecule has 1 heterocycles. The average molecular weight is 528 g/mol. The molecule has 0 fully saturated rings. The van der Waals surface area contributed by atoms with Crippen molar-refractivity contribution in [2.75, 3.05) is 13.1 Å². The maximum atomic E-state index is 12.7. The lowest BCUT2D eigenvalue weighted by molar-refractivity contribution is -0.158. The highest BCUT2D eigenvalue weighted by Gasteiger charge is 2.27. The summed E-state index contributed by atoms with van der Waals surface area (Å²) in [4.78, 5) is 73.4. The van der Waals surface area contributed by atoms with Gasteiger partial charge < -0.3 is 15.4 Å². The molecule has 1 aliphatic rings. The molecule has 1 aromatic carbocycles. The lowest BCUT2D eigenvalue weighted by atomic mass is 10.0. The van der Waals surface area contributed by atoms with E-state index in [1.54, 1.807) is 20.8 Å². The maximum Gasteiger partial charge on any atom is 0.329 e. The van der Waals surface area contributed by atoms with Gasteiger partial charge in [-0.15, -0.1) is 0 Å². The average Bonchev–Trinajstić information content (AvgIpc) is 3.17. The second-order valence-corrected chi connectivity index (χ2v) is 10.1. The number of nitrogens with one attached hydrogen (secondary N) is 2. The number of ketones is 1. The van der Waals surface area contributed by atoms with E-state index < -0.39 is 23.5 Å². The molecule has 0 bridgehead atoms. The van der Waals surface area contributed by atoms with Crippen molar-refractivity contribution >= 4 is 35.4 Å². The number of hydrogen-bond donors (Lipinski definition) is 2. The number of benzene rings is 1. The number of rotatable bonds is 15. The summed E-state index contributed by atoms with van der Waals surface area (Å²) in [5.41, 5.74) is 0.145. The quantitative estimate of drug-likeness (QED) is 0.202. The van der Waals surface area contributed by atoms with E-state index in [1.807, 2.05) is 30.3 Å². The second-order valence-electron chi connectivity index (χ2n) is 10.1. The number of hydrogen-bond acceptors (Lipinski definition) is 7. The number of nitrogens with zero attached hydrogens (tertiary/aromatic N) is 1. The summed E-state index contributed by atoms with van der Waals surface area (Å²) in [7, 11) is 0. The van der Waals surface area contributed by atoms with E-state index in [4.69, 9.17) is 4.74 Å². The number of unbranched alkanes of at least 4 members (excludes halogenated alkanes) is 2. The van der Waals surface area contributed by atoms with Gasteiger partial charge >= 0.3 is 5.97 Å². The minimum absolute atomic E-state index is 0.0790. The molecule has 38 heavy (non-hydrogen) atoms. The highest BCUT2D eigenvalue weighted by molar-refractivity contribution is 6.12. The van der Waals surface area contributed by atoms with Crippen molar-refractivity contribution in [3.8, 4) is 0 Å². The Balaban J connectivity index is 1.67. The molecule has 206 valence electrons. The number of imide groups is 1. The van der Waals surface area contributed by atoms with Crippen LogP contribution in [-0.2, 0) is 39.9 Å². The van der Waals surface area contributed by atoms with Crippen LogP contribution in [0, 0.1) is 0 Å². The second kappa shape index (κ2) is 14.8. The van der Waals surface area contributed by atoms with Crippen LogP contribution in [0.25, 0.3) is 0 Å². The first kappa shape index (κ1) is 30.4. The number of amides is 4.